The van der Waals surface area contributed by atoms with Crippen LogP contribution in [0.5, 0.6) is 0 Å². The van der Waals surface area contributed by atoms with Gasteiger partial charge in [-0.15, -0.1) is 11.8 Å². The second-order valence-electron chi connectivity index (χ2n) is 6.93. The minimum atomic E-state index is -0.352. The average molecular weight is 420 g/mol. The van der Waals surface area contributed by atoms with Crippen molar-refractivity contribution in [3.05, 3.63) is 54.4 Å². The van der Waals surface area contributed by atoms with Crippen LogP contribution in [0, 0.1) is 0 Å². The maximum Gasteiger partial charge on any atom is 0.293 e. The van der Waals surface area contributed by atoms with Gasteiger partial charge in [-0.2, -0.15) is 0 Å². The van der Waals surface area contributed by atoms with Crippen LogP contribution in [0.3, 0.4) is 0 Å². The van der Waals surface area contributed by atoms with E-state index >= 15 is 0 Å². The minimum absolute atomic E-state index is 0.116. The molecule has 0 aliphatic carbocycles. The van der Waals surface area contributed by atoms with E-state index in [0.717, 1.165) is 15.9 Å². The number of para-hydroxylation sites is 1. The van der Waals surface area contributed by atoms with Crippen molar-refractivity contribution in [2.75, 3.05) is 42.8 Å². The van der Waals surface area contributed by atoms with Crippen LogP contribution < -0.4 is 10.2 Å². The summed E-state index contributed by atoms with van der Waals surface area (Å²) in [4.78, 5) is 25.4. The second kappa shape index (κ2) is 7.97. The number of ether oxygens (including phenoxy) is 1. The highest BCUT2D eigenvalue weighted by Gasteiger charge is 2.24. The first-order chi connectivity index (χ1) is 14.7. The van der Waals surface area contributed by atoms with Crippen LogP contribution in [0.2, 0.25) is 0 Å². The molecule has 1 aliphatic rings. The standard InChI is InChI=1S/C22H20N4O3S/c1-30-15-6-4-5-14(13-15)23-22(27)20-24-18-16-7-2-3-8-17(16)29-19(18)21(25-20)26-9-11-28-12-10-26/h2-8,13H,9-12H2,1H3,(H,23,27). The van der Waals surface area contributed by atoms with Gasteiger partial charge in [0.05, 0.1) is 13.2 Å². The third kappa shape index (κ3) is 3.48. The van der Waals surface area contributed by atoms with Crippen LogP contribution in [-0.2, 0) is 4.74 Å². The Bertz CT molecular complexity index is 1230. The summed E-state index contributed by atoms with van der Waals surface area (Å²) in [5, 5.41) is 3.78. The third-order valence-electron chi connectivity index (χ3n) is 5.04. The molecule has 0 saturated carbocycles. The molecule has 30 heavy (non-hydrogen) atoms. The highest BCUT2D eigenvalue weighted by Crippen LogP contribution is 2.33. The molecule has 0 radical (unpaired) electrons. The summed E-state index contributed by atoms with van der Waals surface area (Å²) in [5.41, 5.74) is 2.67. The molecular formula is C22H20N4O3S. The fourth-order valence-corrected chi connectivity index (χ4v) is 4.01. The zero-order chi connectivity index (χ0) is 20.5. The molecule has 1 saturated heterocycles. The summed E-state index contributed by atoms with van der Waals surface area (Å²) < 4.78 is 11.6. The van der Waals surface area contributed by atoms with E-state index in [0.29, 0.717) is 48.9 Å². The highest BCUT2D eigenvalue weighted by molar-refractivity contribution is 7.98. The van der Waals surface area contributed by atoms with Gasteiger partial charge in [-0.05, 0) is 36.6 Å². The first-order valence-corrected chi connectivity index (χ1v) is 10.9. The summed E-state index contributed by atoms with van der Waals surface area (Å²) >= 11 is 1.62. The molecule has 7 nitrogen and oxygen atoms in total. The lowest BCUT2D eigenvalue weighted by atomic mass is 10.2. The molecule has 0 atom stereocenters. The maximum absolute atomic E-state index is 13.0. The van der Waals surface area contributed by atoms with Crippen LogP contribution >= 0.6 is 11.8 Å². The van der Waals surface area contributed by atoms with Crippen molar-refractivity contribution in [1.29, 1.82) is 0 Å². The van der Waals surface area contributed by atoms with E-state index in [2.05, 4.69) is 20.2 Å². The van der Waals surface area contributed by atoms with Gasteiger partial charge >= 0.3 is 0 Å². The number of amides is 1. The summed E-state index contributed by atoms with van der Waals surface area (Å²) in [5.74, 6) is 0.391. The largest absolute Gasteiger partial charge is 0.450 e. The molecule has 1 aliphatic heterocycles. The van der Waals surface area contributed by atoms with Gasteiger partial charge < -0.3 is 19.4 Å². The minimum Gasteiger partial charge on any atom is -0.450 e. The van der Waals surface area contributed by atoms with Crippen molar-refractivity contribution in [3.63, 3.8) is 0 Å². The Morgan fingerprint density at radius 3 is 2.77 bits per heavy atom. The summed E-state index contributed by atoms with van der Waals surface area (Å²) in [6.07, 6.45) is 2.00. The van der Waals surface area contributed by atoms with Gasteiger partial charge in [-0.3, -0.25) is 4.79 Å². The molecule has 2 aromatic heterocycles. The number of carbonyl (C=O) groups excluding carboxylic acids is 1. The zero-order valence-electron chi connectivity index (χ0n) is 16.4. The molecule has 4 aromatic rings. The number of morpholine rings is 1. The lowest BCUT2D eigenvalue weighted by Gasteiger charge is -2.27. The third-order valence-corrected chi connectivity index (χ3v) is 5.77. The molecule has 5 rings (SSSR count). The van der Waals surface area contributed by atoms with Gasteiger partial charge in [0.1, 0.15) is 11.1 Å². The molecule has 2 aromatic carbocycles. The number of fused-ring (bicyclic) bond motifs is 3. The smallest absolute Gasteiger partial charge is 0.293 e. The molecule has 0 unspecified atom stereocenters. The van der Waals surface area contributed by atoms with Crippen molar-refractivity contribution in [2.24, 2.45) is 0 Å². The molecule has 1 fully saturated rings. The van der Waals surface area contributed by atoms with E-state index in [1.54, 1.807) is 11.8 Å². The monoisotopic (exact) mass is 420 g/mol. The van der Waals surface area contributed by atoms with Crippen LogP contribution in [0.4, 0.5) is 11.5 Å². The first-order valence-electron chi connectivity index (χ1n) is 9.70. The number of hydrogen-bond acceptors (Lipinski definition) is 7. The lowest BCUT2D eigenvalue weighted by molar-refractivity contribution is 0.101. The van der Waals surface area contributed by atoms with Crippen molar-refractivity contribution in [2.45, 2.75) is 4.90 Å². The molecule has 0 spiro atoms. The Balaban J connectivity index is 1.60. The zero-order valence-corrected chi connectivity index (χ0v) is 17.2. The fraction of sp³-hybridized carbons (Fsp3) is 0.227. The van der Waals surface area contributed by atoms with E-state index in [9.17, 15) is 4.79 Å². The van der Waals surface area contributed by atoms with Crippen LogP contribution in [0.15, 0.2) is 57.8 Å². The van der Waals surface area contributed by atoms with Gasteiger partial charge in [0.25, 0.3) is 5.91 Å². The molecule has 1 amide bonds. The van der Waals surface area contributed by atoms with Crippen LogP contribution in [-0.4, -0.2) is 48.4 Å². The molecule has 0 bridgehead atoms. The van der Waals surface area contributed by atoms with E-state index in [1.807, 2.05) is 54.8 Å². The van der Waals surface area contributed by atoms with Crippen molar-refractivity contribution >= 4 is 51.2 Å². The lowest BCUT2D eigenvalue weighted by Crippen LogP contribution is -2.37. The number of thioether (sulfide) groups is 1. The fourth-order valence-electron chi connectivity index (χ4n) is 3.56. The predicted molar refractivity (Wildman–Crippen MR) is 119 cm³/mol. The quantitative estimate of drug-likeness (QED) is 0.496. The number of carbonyl (C=O) groups is 1. The number of furan rings is 1. The maximum atomic E-state index is 13.0. The molecule has 1 N–H and O–H groups in total. The number of hydrogen-bond donors (Lipinski definition) is 1. The predicted octanol–water partition coefficient (Wildman–Crippen LogP) is 4.19. The Kier molecular flexibility index (Phi) is 5.02. The second-order valence-corrected chi connectivity index (χ2v) is 7.81. The van der Waals surface area contributed by atoms with E-state index < -0.39 is 0 Å². The van der Waals surface area contributed by atoms with Gasteiger partial charge in [0, 0.05) is 29.1 Å². The van der Waals surface area contributed by atoms with Crippen LogP contribution in [0.1, 0.15) is 10.6 Å². The number of benzene rings is 2. The van der Waals surface area contributed by atoms with Gasteiger partial charge in [0.2, 0.25) is 5.82 Å². The van der Waals surface area contributed by atoms with Gasteiger partial charge in [0.15, 0.2) is 11.4 Å². The Labute approximate surface area is 177 Å². The number of aromatic nitrogens is 2. The summed E-state index contributed by atoms with van der Waals surface area (Å²) in [6.45, 7) is 2.57. The number of anilines is 2. The summed E-state index contributed by atoms with van der Waals surface area (Å²) in [7, 11) is 0. The molecule has 8 heteroatoms. The topological polar surface area (TPSA) is 80.5 Å². The van der Waals surface area contributed by atoms with E-state index in [1.165, 1.54) is 0 Å². The molecule has 152 valence electrons. The molecular weight excluding hydrogens is 400 g/mol. The Morgan fingerprint density at radius 1 is 1.10 bits per heavy atom. The SMILES string of the molecule is CSc1cccc(NC(=O)c2nc(N3CCOCC3)c3oc4ccccc4c3n2)c1. The Hall–Kier alpha value is -3.10. The van der Waals surface area contributed by atoms with E-state index in [4.69, 9.17) is 9.15 Å². The van der Waals surface area contributed by atoms with Crippen LogP contribution in [0.25, 0.3) is 22.1 Å². The Morgan fingerprint density at radius 2 is 1.93 bits per heavy atom. The van der Waals surface area contributed by atoms with Crippen molar-refractivity contribution < 1.29 is 13.9 Å². The number of rotatable bonds is 4. The number of nitrogens with zero attached hydrogens (tertiary/aromatic N) is 3. The van der Waals surface area contributed by atoms with Crippen molar-refractivity contribution in [3.8, 4) is 0 Å². The average Bonchev–Trinajstić information content (AvgIpc) is 3.18. The first kappa shape index (κ1) is 18.9. The summed E-state index contributed by atoms with van der Waals surface area (Å²) in [6, 6.07) is 15.4. The number of nitrogens with one attached hydrogen (secondary N) is 1. The molecule has 3 heterocycles. The highest BCUT2D eigenvalue weighted by atomic mass is 32.2. The normalized spacial score (nSPS) is 14.4. The van der Waals surface area contributed by atoms with Gasteiger partial charge in [-0.1, -0.05) is 18.2 Å². The van der Waals surface area contributed by atoms with Crippen molar-refractivity contribution in [1.82, 2.24) is 9.97 Å². The van der Waals surface area contributed by atoms with E-state index in [-0.39, 0.29) is 11.7 Å². The van der Waals surface area contributed by atoms with Gasteiger partial charge in [-0.25, -0.2) is 9.97 Å².